The third kappa shape index (κ3) is 3.59. The molecule has 140 valence electrons. The first kappa shape index (κ1) is 18.1. The highest BCUT2D eigenvalue weighted by molar-refractivity contribution is 6.31. The van der Waals surface area contributed by atoms with Gasteiger partial charge in [0.15, 0.2) is 0 Å². The van der Waals surface area contributed by atoms with Gasteiger partial charge in [0.2, 0.25) is 0 Å². The molecule has 1 N–H and O–H groups in total. The smallest absolute Gasteiger partial charge is 0.270 e. The molecule has 5 nitrogen and oxygen atoms in total. The number of carbonyl (C=O) groups excluding carboxylic acids is 1. The summed E-state index contributed by atoms with van der Waals surface area (Å²) in [6, 6.07) is 17.3. The fraction of sp³-hybridized carbons (Fsp3) is 0.0952. The second-order valence-corrected chi connectivity index (χ2v) is 6.61. The van der Waals surface area contributed by atoms with Gasteiger partial charge in [-0.05, 0) is 36.4 Å². The van der Waals surface area contributed by atoms with E-state index >= 15 is 0 Å². The normalized spacial score (nSPS) is 10.9. The maximum Gasteiger partial charge on any atom is 0.270 e. The average Bonchev–Trinajstić information content (AvgIpc) is 3.07. The van der Waals surface area contributed by atoms with Crippen LogP contribution < -0.4 is 5.32 Å². The molecule has 2 aromatic carbocycles. The van der Waals surface area contributed by atoms with Gasteiger partial charge in [-0.3, -0.25) is 9.78 Å². The lowest BCUT2D eigenvalue weighted by Gasteiger charge is -2.12. The van der Waals surface area contributed by atoms with Gasteiger partial charge in [0.25, 0.3) is 5.91 Å². The highest BCUT2D eigenvalue weighted by Crippen LogP contribution is 2.24. The number of imidazole rings is 1. The Morgan fingerprint density at radius 3 is 2.68 bits per heavy atom. The predicted molar refractivity (Wildman–Crippen MR) is 106 cm³/mol. The molecular weight excluding hydrogens is 379 g/mol. The van der Waals surface area contributed by atoms with Gasteiger partial charge in [-0.15, -0.1) is 0 Å². The molecule has 0 aliphatic heterocycles. The number of para-hydroxylation sites is 2. The van der Waals surface area contributed by atoms with E-state index in [0.29, 0.717) is 22.1 Å². The summed E-state index contributed by atoms with van der Waals surface area (Å²) in [5.74, 6) is -0.0818. The zero-order valence-corrected chi connectivity index (χ0v) is 15.5. The van der Waals surface area contributed by atoms with E-state index in [-0.39, 0.29) is 24.8 Å². The molecule has 0 bridgehead atoms. The first-order valence-corrected chi connectivity index (χ1v) is 9.07. The van der Waals surface area contributed by atoms with Crippen molar-refractivity contribution in [3.05, 3.63) is 94.8 Å². The summed E-state index contributed by atoms with van der Waals surface area (Å²) in [6.07, 6.45) is 1.56. The maximum atomic E-state index is 14.3. The monoisotopic (exact) mass is 394 g/mol. The van der Waals surface area contributed by atoms with Gasteiger partial charge in [0, 0.05) is 16.8 Å². The van der Waals surface area contributed by atoms with Gasteiger partial charge in [-0.25, -0.2) is 9.37 Å². The number of carbonyl (C=O) groups is 1. The number of hydrogen-bond donors (Lipinski definition) is 1. The SMILES string of the molecule is O=C(NCc1nc2ccccc2n1Cc1c(F)cccc1Cl)c1ccccn1. The summed E-state index contributed by atoms with van der Waals surface area (Å²) in [6.45, 7) is 0.386. The van der Waals surface area contributed by atoms with Crippen LogP contribution in [0.2, 0.25) is 5.02 Å². The number of rotatable bonds is 5. The van der Waals surface area contributed by atoms with E-state index in [2.05, 4.69) is 15.3 Å². The predicted octanol–water partition coefficient (Wildman–Crippen LogP) is 4.20. The minimum atomic E-state index is -0.381. The Morgan fingerprint density at radius 1 is 1.07 bits per heavy atom. The first-order valence-electron chi connectivity index (χ1n) is 8.70. The first-order chi connectivity index (χ1) is 13.6. The number of pyridine rings is 1. The lowest BCUT2D eigenvalue weighted by Crippen LogP contribution is -2.25. The van der Waals surface area contributed by atoms with E-state index in [0.717, 1.165) is 11.0 Å². The Balaban J connectivity index is 1.67. The zero-order valence-electron chi connectivity index (χ0n) is 14.8. The molecule has 0 radical (unpaired) electrons. The number of hydrogen-bond acceptors (Lipinski definition) is 3. The lowest BCUT2D eigenvalue weighted by atomic mass is 10.2. The molecule has 0 aliphatic rings. The summed E-state index contributed by atoms with van der Waals surface area (Å²) < 4.78 is 16.2. The molecule has 4 rings (SSSR count). The van der Waals surface area contributed by atoms with Crippen molar-refractivity contribution in [1.82, 2.24) is 19.9 Å². The van der Waals surface area contributed by atoms with Gasteiger partial charge in [-0.1, -0.05) is 35.9 Å². The number of nitrogens with zero attached hydrogens (tertiary/aromatic N) is 3. The van der Waals surface area contributed by atoms with Crippen LogP contribution in [-0.4, -0.2) is 20.4 Å². The molecule has 0 spiro atoms. The largest absolute Gasteiger partial charge is 0.343 e. The van der Waals surface area contributed by atoms with Crippen LogP contribution in [0.1, 0.15) is 21.9 Å². The molecular formula is C21H16ClFN4O. The molecule has 0 saturated heterocycles. The van der Waals surface area contributed by atoms with Crippen molar-refractivity contribution in [3.8, 4) is 0 Å². The van der Waals surface area contributed by atoms with Crippen molar-refractivity contribution < 1.29 is 9.18 Å². The van der Waals surface area contributed by atoms with Crippen LogP contribution in [0.4, 0.5) is 4.39 Å². The third-order valence-corrected chi connectivity index (χ3v) is 4.77. The Morgan fingerprint density at radius 2 is 1.89 bits per heavy atom. The number of nitrogens with one attached hydrogen (secondary N) is 1. The van der Waals surface area contributed by atoms with Crippen LogP contribution in [0.3, 0.4) is 0 Å². The maximum absolute atomic E-state index is 14.3. The molecule has 7 heteroatoms. The highest BCUT2D eigenvalue weighted by Gasteiger charge is 2.16. The van der Waals surface area contributed by atoms with Crippen molar-refractivity contribution in [2.75, 3.05) is 0 Å². The second-order valence-electron chi connectivity index (χ2n) is 6.20. The Hall–Kier alpha value is -3.25. The molecule has 1 amide bonds. The summed E-state index contributed by atoms with van der Waals surface area (Å²) in [5, 5.41) is 3.17. The summed E-state index contributed by atoms with van der Waals surface area (Å²) in [7, 11) is 0. The number of benzene rings is 2. The fourth-order valence-electron chi connectivity index (χ4n) is 3.03. The summed E-state index contributed by atoms with van der Waals surface area (Å²) >= 11 is 6.21. The van der Waals surface area contributed by atoms with Crippen LogP contribution in [-0.2, 0) is 13.1 Å². The molecule has 0 fully saturated rings. The molecule has 0 saturated carbocycles. The van der Waals surface area contributed by atoms with Crippen molar-refractivity contribution in [3.63, 3.8) is 0 Å². The standard InChI is InChI=1S/C21H16ClFN4O/c22-15-6-5-7-16(23)14(15)13-27-19-10-2-1-8-17(19)26-20(27)12-25-21(28)18-9-3-4-11-24-18/h1-11H,12-13H2,(H,25,28). The molecule has 0 aliphatic carbocycles. The van der Waals surface area contributed by atoms with E-state index in [1.165, 1.54) is 6.07 Å². The van der Waals surface area contributed by atoms with E-state index in [4.69, 9.17) is 11.6 Å². The quantitative estimate of drug-likeness (QED) is 0.551. The topological polar surface area (TPSA) is 59.8 Å². The van der Waals surface area contributed by atoms with Crippen LogP contribution in [0, 0.1) is 5.82 Å². The molecule has 28 heavy (non-hydrogen) atoms. The Bertz CT molecular complexity index is 1120. The van der Waals surface area contributed by atoms with Gasteiger partial charge >= 0.3 is 0 Å². The van der Waals surface area contributed by atoms with E-state index in [1.807, 2.05) is 28.8 Å². The van der Waals surface area contributed by atoms with Gasteiger partial charge in [-0.2, -0.15) is 0 Å². The van der Waals surface area contributed by atoms with Crippen molar-refractivity contribution in [2.24, 2.45) is 0 Å². The number of halogens is 2. The summed E-state index contributed by atoms with van der Waals surface area (Å²) in [5.41, 5.74) is 2.30. The van der Waals surface area contributed by atoms with Crippen LogP contribution in [0.5, 0.6) is 0 Å². The number of amides is 1. The van der Waals surface area contributed by atoms with Crippen molar-refractivity contribution in [2.45, 2.75) is 13.1 Å². The summed E-state index contributed by atoms with van der Waals surface area (Å²) in [4.78, 5) is 21.0. The van der Waals surface area contributed by atoms with Gasteiger partial charge in [0.1, 0.15) is 17.3 Å². The van der Waals surface area contributed by atoms with E-state index in [1.54, 1.807) is 36.5 Å². The van der Waals surface area contributed by atoms with Gasteiger partial charge in [0.05, 0.1) is 24.1 Å². The van der Waals surface area contributed by atoms with Crippen molar-refractivity contribution in [1.29, 1.82) is 0 Å². The minimum absolute atomic E-state index is 0.177. The zero-order chi connectivity index (χ0) is 19.5. The Kier molecular flexibility index (Phi) is 5.04. The van der Waals surface area contributed by atoms with Crippen LogP contribution >= 0.6 is 11.6 Å². The van der Waals surface area contributed by atoms with Gasteiger partial charge < -0.3 is 9.88 Å². The van der Waals surface area contributed by atoms with Crippen molar-refractivity contribution >= 4 is 28.5 Å². The Labute approximate surface area is 165 Å². The number of fused-ring (bicyclic) bond motifs is 1. The minimum Gasteiger partial charge on any atom is -0.343 e. The second kappa shape index (κ2) is 7.78. The molecule has 2 heterocycles. The molecule has 0 unspecified atom stereocenters. The number of aromatic nitrogens is 3. The highest BCUT2D eigenvalue weighted by atomic mass is 35.5. The van der Waals surface area contributed by atoms with E-state index in [9.17, 15) is 9.18 Å². The van der Waals surface area contributed by atoms with Crippen LogP contribution in [0.15, 0.2) is 66.9 Å². The van der Waals surface area contributed by atoms with Crippen LogP contribution in [0.25, 0.3) is 11.0 Å². The fourth-order valence-corrected chi connectivity index (χ4v) is 3.25. The molecule has 2 aromatic heterocycles. The third-order valence-electron chi connectivity index (χ3n) is 4.42. The average molecular weight is 395 g/mol. The molecule has 0 atom stereocenters. The molecule has 4 aromatic rings. The van der Waals surface area contributed by atoms with E-state index < -0.39 is 0 Å². The lowest BCUT2D eigenvalue weighted by molar-refractivity contribution is 0.0944.